The molecule has 0 radical (unpaired) electrons. The molecule has 2 fully saturated rings. The number of likely N-dealkylation sites (tertiary alicyclic amines) is 1. The zero-order valence-electron chi connectivity index (χ0n) is 21.8. The molecule has 0 aliphatic carbocycles. The number of sulfonamides is 1. The minimum Gasteiger partial charge on any atom is -0.507 e. The molecule has 38 heavy (non-hydrogen) atoms. The second-order valence-corrected chi connectivity index (χ2v) is 12.4. The van der Waals surface area contributed by atoms with Gasteiger partial charge >= 0.3 is 0 Å². The van der Waals surface area contributed by atoms with Crippen LogP contribution in [0.15, 0.2) is 63.9 Å². The molecule has 2 saturated heterocycles. The first-order chi connectivity index (χ1) is 18.1. The normalized spacial score (nSPS) is 20.4. The van der Waals surface area contributed by atoms with Gasteiger partial charge in [-0.1, -0.05) is 12.1 Å². The highest BCUT2D eigenvalue weighted by atomic mass is 32.2. The van der Waals surface area contributed by atoms with E-state index in [9.17, 15) is 23.1 Å². The number of hydrogen-bond donors (Lipinski definition) is 1. The van der Waals surface area contributed by atoms with Crippen molar-refractivity contribution in [2.24, 2.45) is 0 Å². The lowest BCUT2D eigenvalue weighted by molar-refractivity contribution is -0.140. The van der Waals surface area contributed by atoms with E-state index in [-0.39, 0.29) is 21.8 Å². The van der Waals surface area contributed by atoms with Crippen LogP contribution in [0.4, 0.5) is 0 Å². The number of aliphatic hydroxyl groups is 1. The Kier molecular flexibility index (Phi) is 8.94. The first-order valence-corrected chi connectivity index (χ1v) is 15.1. The van der Waals surface area contributed by atoms with Crippen LogP contribution in [0.3, 0.4) is 0 Å². The summed E-state index contributed by atoms with van der Waals surface area (Å²) in [4.78, 5) is 31.4. The third kappa shape index (κ3) is 5.81. The van der Waals surface area contributed by atoms with Gasteiger partial charge in [0.1, 0.15) is 5.76 Å². The van der Waals surface area contributed by atoms with Crippen LogP contribution in [0.2, 0.25) is 0 Å². The molecule has 0 saturated carbocycles. The van der Waals surface area contributed by atoms with Crippen molar-refractivity contribution in [1.29, 1.82) is 0 Å². The highest BCUT2D eigenvalue weighted by Crippen LogP contribution is 2.40. The van der Waals surface area contributed by atoms with Crippen molar-refractivity contribution in [2.75, 3.05) is 59.7 Å². The lowest BCUT2D eigenvalue weighted by Crippen LogP contribution is -2.38. The molecule has 2 heterocycles. The maximum absolute atomic E-state index is 13.3. The summed E-state index contributed by atoms with van der Waals surface area (Å²) in [7, 11) is -0.781. The molecule has 1 N–H and O–H groups in total. The van der Waals surface area contributed by atoms with E-state index in [0.717, 1.165) is 34.4 Å². The Labute approximate surface area is 228 Å². The maximum Gasteiger partial charge on any atom is 0.295 e. The Balaban J connectivity index is 1.68. The number of aliphatic hydroxyl groups excluding tert-OH is 1. The number of benzene rings is 2. The number of rotatable bonds is 9. The molecule has 1 atom stereocenters. The molecule has 2 aliphatic heterocycles. The van der Waals surface area contributed by atoms with E-state index >= 15 is 0 Å². The molecular weight excluding hydrogens is 526 g/mol. The van der Waals surface area contributed by atoms with Gasteiger partial charge in [0.25, 0.3) is 11.7 Å². The number of morpholine rings is 1. The molecule has 1 unspecified atom stereocenters. The van der Waals surface area contributed by atoms with Crippen LogP contribution in [0.5, 0.6) is 0 Å². The molecule has 2 aliphatic rings. The minimum atomic E-state index is -3.65. The van der Waals surface area contributed by atoms with E-state index < -0.39 is 27.8 Å². The van der Waals surface area contributed by atoms with Gasteiger partial charge in [0.05, 0.1) is 29.7 Å². The highest BCUT2D eigenvalue weighted by molar-refractivity contribution is 7.98. The lowest BCUT2D eigenvalue weighted by atomic mass is 9.95. The van der Waals surface area contributed by atoms with Crippen molar-refractivity contribution in [3.8, 4) is 0 Å². The summed E-state index contributed by atoms with van der Waals surface area (Å²) >= 11 is 1.58. The average molecular weight is 560 g/mol. The summed E-state index contributed by atoms with van der Waals surface area (Å²) in [5.41, 5.74) is 0.989. The number of ketones is 1. The van der Waals surface area contributed by atoms with Crippen LogP contribution >= 0.6 is 11.8 Å². The zero-order valence-corrected chi connectivity index (χ0v) is 23.4. The third-order valence-corrected chi connectivity index (χ3v) is 9.43. The van der Waals surface area contributed by atoms with Gasteiger partial charge in [-0.3, -0.25) is 14.5 Å². The van der Waals surface area contributed by atoms with E-state index in [1.54, 1.807) is 11.8 Å². The number of carbonyl (C=O) groups excluding carboxylic acids is 2. The number of Topliss-reactive ketones (excluding diaryl/α,β-unsaturated/α-hetero) is 1. The number of nitrogens with zero attached hydrogens (tertiary/aromatic N) is 3. The Morgan fingerprint density at radius 3 is 2.24 bits per heavy atom. The van der Waals surface area contributed by atoms with E-state index in [0.29, 0.717) is 26.2 Å². The fourth-order valence-corrected chi connectivity index (χ4v) is 5.99. The van der Waals surface area contributed by atoms with Gasteiger partial charge in [0, 0.05) is 50.7 Å². The summed E-state index contributed by atoms with van der Waals surface area (Å²) in [6.45, 7) is 4.15. The first-order valence-electron chi connectivity index (χ1n) is 12.4. The third-order valence-electron chi connectivity index (χ3n) is 6.85. The van der Waals surface area contributed by atoms with Crippen molar-refractivity contribution >= 4 is 39.2 Å². The number of ether oxygens (including phenoxy) is 1. The molecule has 2 aromatic rings. The largest absolute Gasteiger partial charge is 0.507 e. The number of carbonyl (C=O) groups is 2. The van der Waals surface area contributed by atoms with Gasteiger partial charge < -0.3 is 14.7 Å². The maximum atomic E-state index is 13.3. The summed E-state index contributed by atoms with van der Waals surface area (Å²) in [6, 6.07) is 12.5. The fourth-order valence-electron chi connectivity index (χ4n) is 4.68. The van der Waals surface area contributed by atoms with Crippen LogP contribution in [-0.4, -0.2) is 99.1 Å². The van der Waals surface area contributed by atoms with E-state index in [2.05, 4.69) is 4.90 Å². The Morgan fingerprint density at radius 1 is 1.03 bits per heavy atom. The number of amides is 1. The van der Waals surface area contributed by atoms with E-state index in [1.165, 1.54) is 43.3 Å². The number of thioether (sulfide) groups is 1. The van der Waals surface area contributed by atoms with Crippen molar-refractivity contribution < 1.29 is 27.9 Å². The standard InChI is InChI=1S/C27H33N3O6S2/c1-28(2)38(34,35)22-11-7-20(8-12-22)25(31)23-24(19-5-9-21(37-3)10-6-19)30(27(33)26(23)32)14-4-13-29-15-17-36-18-16-29/h5-12,24,31H,4,13-18H2,1-3H3/b25-23-. The summed E-state index contributed by atoms with van der Waals surface area (Å²) in [6.07, 6.45) is 2.64. The molecule has 4 rings (SSSR count). The smallest absolute Gasteiger partial charge is 0.295 e. The molecule has 11 heteroatoms. The Morgan fingerprint density at radius 2 is 1.66 bits per heavy atom. The van der Waals surface area contributed by atoms with Gasteiger partial charge in [0.2, 0.25) is 10.0 Å². The van der Waals surface area contributed by atoms with Crippen LogP contribution < -0.4 is 0 Å². The van der Waals surface area contributed by atoms with Crippen LogP contribution in [0.25, 0.3) is 5.76 Å². The highest BCUT2D eigenvalue weighted by Gasteiger charge is 2.45. The van der Waals surface area contributed by atoms with Gasteiger partial charge in [0.15, 0.2) is 0 Å². The summed E-state index contributed by atoms with van der Waals surface area (Å²) in [5, 5.41) is 11.3. The molecule has 9 nitrogen and oxygen atoms in total. The topological polar surface area (TPSA) is 107 Å². The fraction of sp³-hybridized carbons (Fsp3) is 0.407. The van der Waals surface area contributed by atoms with Crippen molar-refractivity contribution in [3.63, 3.8) is 0 Å². The summed E-state index contributed by atoms with van der Waals surface area (Å²) in [5.74, 6) is -1.73. The predicted molar refractivity (Wildman–Crippen MR) is 146 cm³/mol. The quantitative estimate of drug-likeness (QED) is 0.216. The second kappa shape index (κ2) is 12.0. The van der Waals surface area contributed by atoms with Crippen LogP contribution in [0.1, 0.15) is 23.6 Å². The Bertz CT molecular complexity index is 1300. The predicted octanol–water partition coefficient (Wildman–Crippen LogP) is 2.80. The van der Waals surface area contributed by atoms with E-state index in [4.69, 9.17) is 4.74 Å². The molecular formula is C27H33N3O6S2. The summed E-state index contributed by atoms with van der Waals surface area (Å²) < 4.78 is 31.4. The first kappa shape index (κ1) is 28.3. The zero-order chi connectivity index (χ0) is 27.4. The molecule has 2 aromatic carbocycles. The second-order valence-electron chi connectivity index (χ2n) is 9.39. The van der Waals surface area contributed by atoms with E-state index in [1.807, 2.05) is 30.5 Å². The van der Waals surface area contributed by atoms with Crippen molar-refractivity contribution in [3.05, 3.63) is 65.2 Å². The minimum absolute atomic E-state index is 0.00138. The van der Waals surface area contributed by atoms with Gasteiger partial charge in [-0.05, 0) is 54.6 Å². The number of hydrogen-bond acceptors (Lipinski definition) is 8. The van der Waals surface area contributed by atoms with Gasteiger partial charge in [-0.2, -0.15) is 0 Å². The monoisotopic (exact) mass is 559 g/mol. The van der Waals surface area contributed by atoms with Crippen molar-refractivity contribution in [2.45, 2.75) is 22.3 Å². The molecule has 0 spiro atoms. The SMILES string of the molecule is CSc1ccc(C2/C(=C(/O)c3ccc(S(=O)(=O)N(C)C)cc3)C(=O)C(=O)N2CCCN2CCOCC2)cc1. The van der Waals surface area contributed by atoms with Crippen LogP contribution in [-0.2, 0) is 24.3 Å². The van der Waals surface area contributed by atoms with Gasteiger partial charge in [-0.25, -0.2) is 12.7 Å². The molecule has 0 bridgehead atoms. The molecule has 0 aromatic heterocycles. The average Bonchev–Trinajstić information content (AvgIpc) is 3.18. The molecule has 1 amide bonds. The molecule has 204 valence electrons. The van der Waals surface area contributed by atoms with Crippen LogP contribution in [0, 0.1) is 0 Å². The lowest BCUT2D eigenvalue weighted by Gasteiger charge is -2.29. The van der Waals surface area contributed by atoms with Crippen molar-refractivity contribution in [1.82, 2.24) is 14.1 Å². The van der Waals surface area contributed by atoms with Gasteiger partial charge in [-0.15, -0.1) is 11.8 Å². The Hall–Kier alpha value is -2.70.